The van der Waals surface area contributed by atoms with Crippen LogP contribution in [-0.2, 0) is 19.4 Å². The third-order valence-electron chi connectivity index (χ3n) is 2.35. The van der Waals surface area contributed by atoms with Crippen LogP contribution in [0.15, 0.2) is 21.5 Å². The topological polar surface area (TPSA) is 60.4 Å². The molecule has 1 rings (SSSR count). The summed E-state index contributed by atoms with van der Waals surface area (Å²) in [5.74, 6) is -1.34. The normalized spacial score (nSPS) is 11.3. The Balaban J connectivity index is 3.17. The van der Waals surface area contributed by atoms with Crippen molar-refractivity contribution in [3.05, 3.63) is 27.7 Å². The Hall–Kier alpha value is -0.880. The summed E-state index contributed by atoms with van der Waals surface area (Å²) in [5.41, 5.74) is 1.23. The first kappa shape index (κ1) is 15.2. The van der Waals surface area contributed by atoms with E-state index in [-0.39, 0.29) is 11.5 Å². The van der Waals surface area contributed by atoms with E-state index in [1.54, 1.807) is 32.9 Å². The molecule has 0 heterocycles. The number of benzene rings is 1. The van der Waals surface area contributed by atoms with Crippen molar-refractivity contribution in [3.8, 4) is 0 Å². The molecule has 18 heavy (non-hydrogen) atoms. The lowest BCUT2D eigenvalue weighted by Crippen LogP contribution is -2.20. The van der Waals surface area contributed by atoms with E-state index in [0.29, 0.717) is 11.1 Å². The van der Waals surface area contributed by atoms with Gasteiger partial charge < -0.3 is 4.74 Å². The summed E-state index contributed by atoms with van der Waals surface area (Å²) in [7, 11) is -3.66. The average Bonchev–Trinajstić information content (AvgIpc) is 2.13. The smallest absolute Gasteiger partial charge is 0.321 e. The maximum atomic E-state index is 12.2. The Morgan fingerprint density at radius 1 is 1.28 bits per heavy atom. The van der Waals surface area contributed by atoms with E-state index in [1.807, 2.05) is 0 Å². The van der Waals surface area contributed by atoms with Crippen LogP contribution in [0.4, 0.5) is 0 Å². The molecular weight excluding hydrogens is 320 g/mol. The molecule has 0 saturated carbocycles. The Morgan fingerprint density at radius 3 is 2.22 bits per heavy atom. The van der Waals surface area contributed by atoms with E-state index in [9.17, 15) is 13.2 Å². The number of carbonyl (C=O) groups is 1. The number of aryl methyl sites for hydroxylation is 2. The molecule has 0 unspecified atom stereocenters. The van der Waals surface area contributed by atoms with Crippen molar-refractivity contribution in [3.63, 3.8) is 0 Å². The molecule has 6 heteroatoms. The van der Waals surface area contributed by atoms with Gasteiger partial charge in [-0.25, -0.2) is 8.42 Å². The molecule has 0 spiro atoms. The first-order valence-corrected chi connectivity index (χ1v) is 7.87. The predicted molar refractivity (Wildman–Crippen MR) is 72.3 cm³/mol. The number of hydrogen-bond donors (Lipinski definition) is 0. The van der Waals surface area contributed by atoms with Crippen LogP contribution in [0.5, 0.6) is 0 Å². The fraction of sp³-hybridized carbons (Fsp3) is 0.417. The molecule has 0 aliphatic carbocycles. The van der Waals surface area contributed by atoms with Gasteiger partial charge >= 0.3 is 5.97 Å². The second kappa shape index (κ2) is 5.84. The Morgan fingerprint density at radius 2 is 1.78 bits per heavy atom. The molecule has 0 aromatic heterocycles. The average molecular weight is 335 g/mol. The molecule has 0 radical (unpaired) electrons. The number of hydrogen-bond acceptors (Lipinski definition) is 4. The van der Waals surface area contributed by atoms with Gasteiger partial charge in [-0.15, -0.1) is 0 Å². The van der Waals surface area contributed by atoms with Gasteiger partial charge in [0, 0.05) is 4.47 Å². The predicted octanol–water partition coefficient (Wildman–Crippen LogP) is 2.40. The number of esters is 1. The van der Waals surface area contributed by atoms with Gasteiger partial charge in [0.1, 0.15) is 0 Å². The zero-order chi connectivity index (χ0) is 13.9. The molecule has 4 nitrogen and oxygen atoms in total. The number of sulfone groups is 1. The van der Waals surface area contributed by atoms with Crippen LogP contribution in [0, 0.1) is 13.8 Å². The first-order valence-electron chi connectivity index (χ1n) is 5.43. The standard InChI is InChI=1S/C12H15BrO4S/c1-4-17-11(14)7-18(15,16)12-8(2)5-10(13)6-9(12)3/h5-6H,4,7H2,1-3H3. The Bertz CT molecular complexity index is 540. The molecule has 0 bridgehead atoms. The number of ether oxygens (including phenoxy) is 1. The number of carbonyl (C=O) groups excluding carboxylic acids is 1. The fourth-order valence-corrected chi connectivity index (χ4v) is 4.14. The maximum Gasteiger partial charge on any atom is 0.321 e. The van der Waals surface area contributed by atoms with E-state index in [0.717, 1.165) is 4.47 Å². The second-order valence-electron chi connectivity index (χ2n) is 3.93. The van der Waals surface area contributed by atoms with Crippen LogP contribution in [0.25, 0.3) is 0 Å². The lowest BCUT2D eigenvalue weighted by atomic mass is 10.2. The van der Waals surface area contributed by atoms with Crippen molar-refractivity contribution in [2.75, 3.05) is 12.4 Å². The SMILES string of the molecule is CCOC(=O)CS(=O)(=O)c1c(C)cc(Br)cc1C. The summed E-state index contributed by atoms with van der Waals surface area (Å²) < 4.78 is 29.8. The minimum absolute atomic E-state index is 0.173. The van der Waals surface area contributed by atoms with E-state index >= 15 is 0 Å². The monoisotopic (exact) mass is 334 g/mol. The lowest BCUT2D eigenvalue weighted by Gasteiger charge is -2.11. The van der Waals surface area contributed by atoms with Crippen LogP contribution >= 0.6 is 15.9 Å². The number of rotatable bonds is 4. The van der Waals surface area contributed by atoms with Crippen molar-refractivity contribution in [2.45, 2.75) is 25.7 Å². The van der Waals surface area contributed by atoms with Gasteiger partial charge in [0.25, 0.3) is 0 Å². The van der Waals surface area contributed by atoms with Crippen molar-refractivity contribution < 1.29 is 17.9 Å². The van der Waals surface area contributed by atoms with Crippen LogP contribution < -0.4 is 0 Å². The van der Waals surface area contributed by atoms with Gasteiger partial charge in [0.05, 0.1) is 11.5 Å². The van der Waals surface area contributed by atoms with Crippen molar-refractivity contribution in [2.24, 2.45) is 0 Å². The van der Waals surface area contributed by atoms with Gasteiger partial charge in [-0.1, -0.05) is 15.9 Å². The number of halogens is 1. The molecule has 0 N–H and O–H groups in total. The van der Waals surface area contributed by atoms with Gasteiger partial charge in [0.15, 0.2) is 15.6 Å². The van der Waals surface area contributed by atoms with Crippen molar-refractivity contribution in [1.29, 1.82) is 0 Å². The Labute approximate surface area is 115 Å². The van der Waals surface area contributed by atoms with Crippen LogP contribution in [0.3, 0.4) is 0 Å². The zero-order valence-electron chi connectivity index (χ0n) is 10.5. The molecule has 0 saturated heterocycles. The highest BCUT2D eigenvalue weighted by atomic mass is 79.9. The van der Waals surface area contributed by atoms with E-state index < -0.39 is 21.6 Å². The highest BCUT2D eigenvalue weighted by molar-refractivity contribution is 9.10. The summed E-state index contributed by atoms with van der Waals surface area (Å²) >= 11 is 3.30. The summed E-state index contributed by atoms with van der Waals surface area (Å²) in [5, 5.41) is 0. The highest BCUT2D eigenvalue weighted by Gasteiger charge is 2.24. The molecule has 1 aromatic rings. The Kier molecular flexibility index (Phi) is 4.92. The van der Waals surface area contributed by atoms with E-state index in [1.165, 1.54) is 0 Å². The summed E-state index contributed by atoms with van der Waals surface area (Å²) in [6, 6.07) is 3.43. The molecule has 0 fully saturated rings. The zero-order valence-corrected chi connectivity index (χ0v) is 12.9. The van der Waals surface area contributed by atoms with Crippen LogP contribution in [0.1, 0.15) is 18.1 Å². The first-order chi connectivity index (χ1) is 8.27. The second-order valence-corrected chi connectivity index (χ2v) is 6.77. The lowest BCUT2D eigenvalue weighted by molar-refractivity contribution is -0.139. The third-order valence-corrected chi connectivity index (χ3v) is 4.69. The largest absolute Gasteiger partial charge is 0.465 e. The molecular formula is C12H15BrO4S. The molecule has 1 aromatic carbocycles. The molecule has 0 atom stereocenters. The van der Waals surface area contributed by atoms with Gasteiger partial charge in [-0.2, -0.15) is 0 Å². The van der Waals surface area contributed by atoms with Crippen LogP contribution in [-0.4, -0.2) is 26.7 Å². The third kappa shape index (κ3) is 3.55. The van der Waals surface area contributed by atoms with Gasteiger partial charge in [-0.3, -0.25) is 4.79 Å². The summed E-state index contributed by atoms with van der Waals surface area (Å²) in [6.07, 6.45) is 0. The molecule has 0 aliphatic rings. The van der Waals surface area contributed by atoms with E-state index in [2.05, 4.69) is 20.7 Å². The van der Waals surface area contributed by atoms with Gasteiger partial charge in [-0.05, 0) is 44.0 Å². The molecule has 100 valence electrons. The summed E-state index contributed by atoms with van der Waals surface area (Å²) in [4.78, 5) is 11.5. The summed E-state index contributed by atoms with van der Waals surface area (Å²) in [6.45, 7) is 5.22. The van der Waals surface area contributed by atoms with E-state index in [4.69, 9.17) is 0 Å². The highest BCUT2D eigenvalue weighted by Crippen LogP contribution is 2.25. The van der Waals surface area contributed by atoms with Gasteiger partial charge in [0.2, 0.25) is 0 Å². The maximum absolute atomic E-state index is 12.2. The minimum atomic E-state index is -3.66. The minimum Gasteiger partial charge on any atom is -0.465 e. The quantitative estimate of drug-likeness (QED) is 0.793. The van der Waals surface area contributed by atoms with Crippen LogP contribution in [0.2, 0.25) is 0 Å². The fourth-order valence-electron chi connectivity index (χ4n) is 1.82. The molecule has 0 aliphatic heterocycles. The van der Waals surface area contributed by atoms with Crippen molar-refractivity contribution >= 4 is 31.7 Å². The molecule has 0 amide bonds. The van der Waals surface area contributed by atoms with Crippen molar-refractivity contribution in [1.82, 2.24) is 0 Å².